The van der Waals surface area contributed by atoms with Crippen LogP contribution < -0.4 is 0 Å². The van der Waals surface area contributed by atoms with Crippen molar-refractivity contribution in [3.63, 3.8) is 0 Å². The Morgan fingerprint density at radius 2 is 1.70 bits per heavy atom. The normalized spacial score (nSPS) is 12.3. The first-order valence-electron chi connectivity index (χ1n) is 9.79. The van der Waals surface area contributed by atoms with Crippen molar-refractivity contribution >= 4 is 34.3 Å². The SMILES string of the molecule is CC/C(=C(/c1ccc(/C=C/C(=O)O)cc1)c1ccc2ocnc2c1)c1ccccc1. The van der Waals surface area contributed by atoms with E-state index in [1.165, 1.54) is 17.5 Å². The van der Waals surface area contributed by atoms with E-state index in [0.29, 0.717) is 0 Å². The average molecular weight is 395 g/mol. The molecule has 0 saturated carbocycles. The highest BCUT2D eigenvalue weighted by molar-refractivity contribution is 6.00. The smallest absolute Gasteiger partial charge is 0.328 e. The number of carboxylic acid groups (broad SMARTS) is 1. The van der Waals surface area contributed by atoms with Gasteiger partial charge in [0.05, 0.1) is 0 Å². The van der Waals surface area contributed by atoms with Crippen LogP contribution in [0, 0.1) is 0 Å². The van der Waals surface area contributed by atoms with Gasteiger partial charge in [0.1, 0.15) is 5.52 Å². The Balaban J connectivity index is 1.89. The molecule has 0 radical (unpaired) electrons. The van der Waals surface area contributed by atoms with Gasteiger partial charge in [-0.2, -0.15) is 0 Å². The molecule has 1 heterocycles. The minimum Gasteiger partial charge on any atom is -0.478 e. The van der Waals surface area contributed by atoms with E-state index in [9.17, 15) is 4.79 Å². The zero-order valence-corrected chi connectivity index (χ0v) is 16.6. The summed E-state index contributed by atoms with van der Waals surface area (Å²) in [6.07, 6.45) is 5.05. The van der Waals surface area contributed by atoms with Crippen molar-refractivity contribution in [2.24, 2.45) is 0 Å². The van der Waals surface area contributed by atoms with Crippen LogP contribution in [0.15, 0.2) is 89.7 Å². The van der Waals surface area contributed by atoms with Crippen LogP contribution in [-0.4, -0.2) is 16.1 Å². The topological polar surface area (TPSA) is 63.3 Å². The second kappa shape index (κ2) is 8.62. The van der Waals surface area contributed by atoms with Crippen LogP contribution >= 0.6 is 0 Å². The van der Waals surface area contributed by atoms with Gasteiger partial charge in [0.15, 0.2) is 12.0 Å². The Hall–Kier alpha value is -3.92. The molecule has 0 saturated heterocycles. The van der Waals surface area contributed by atoms with E-state index >= 15 is 0 Å². The summed E-state index contributed by atoms with van der Waals surface area (Å²) in [5.74, 6) is -0.960. The van der Waals surface area contributed by atoms with Gasteiger partial charge in [-0.05, 0) is 58.0 Å². The Morgan fingerprint density at radius 1 is 0.967 bits per heavy atom. The third kappa shape index (κ3) is 4.08. The van der Waals surface area contributed by atoms with Crippen molar-refractivity contribution < 1.29 is 14.3 Å². The molecule has 148 valence electrons. The maximum atomic E-state index is 10.8. The summed E-state index contributed by atoms with van der Waals surface area (Å²) < 4.78 is 5.41. The third-order valence-electron chi connectivity index (χ3n) is 5.01. The Bertz CT molecular complexity index is 1230. The first-order chi connectivity index (χ1) is 14.7. The third-order valence-corrected chi connectivity index (χ3v) is 5.01. The summed E-state index contributed by atoms with van der Waals surface area (Å²) in [6.45, 7) is 2.15. The maximum Gasteiger partial charge on any atom is 0.328 e. The molecular formula is C26H21NO3. The standard InChI is InChI=1S/C26H21NO3/c1-2-22(19-6-4-3-5-7-19)26(21-13-14-24-23(16-21)27-17-30-24)20-11-8-18(9-12-20)10-15-25(28)29/h3-17H,2H2,1H3,(H,28,29)/b15-10+,26-22+. The van der Waals surface area contributed by atoms with Gasteiger partial charge in [-0.1, -0.05) is 67.6 Å². The average Bonchev–Trinajstić information content (AvgIpc) is 3.25. The number of fused-ring (bicyclic) bond motifs is 1. The van der Waals surface area contributed by atoms with Crippen LogP contribution in [-0.2, 0) is 4.79 Å². The zero-order valence-electron chi connectivity index (χ0n) is 16.6. The molecule has 4 rings (SSSR count). The lowest BCUT2D eigenvalue weighted by Crippen LogP contribution is -1.95. The molecule has 0 aliphatic carbocycles. The molecule has 0 atom stereocenters. The van der Waals surface area contributed by atoms with Crippen molar-refractivity contribution in [1.82, 2.24) is 4.98 Å². The van der Waals surface area contributed by atoms with Gasteiger partial charge < -0.3 is 9.52 Å². The Labute approximate surface area is 174 Å². The van der Waals surface area contributed by atoms with Gasteiger partial charge >= 0.3 is 5.97 Å². The number of rotatable bonds is 6. The molecule has 4 nitrogen and oxygen atoms in total. The number of aliphatic carboxylic acids is 1. The van der Waals surface area contributed by atoms with Crippen LogP contribution in [0.25, 0.3) is 28.3 Å². The number of benzene rings is 3. The number of allylic oxidation sites excluding steroid dienone is 1. The quantitative estimate of drug-likeness (QED) is 0.308. The van der Waals surface area contributed by atoms with Gasteiger partial charge in [0, 0.05) is 6.08 Å². The van der Waals surface area contributed by atoms with E-state index in [1.807, 2.05) is 54.6 Å². The largest absolute Gasteiger partial charge is 0.478 e. The molecule has 4 heteroatoms. The first kappa shape index (κ1) is 19.4. The van der Waals surface area contributed by atoms with Crippen LogP contribution in [0.2, 0.25) is 0 Å². The maximum absolute atomic E-state index is 10.8. The Morgan fingerprint density at radius 3 is 2.40 bits per heavy atom. The predicted octanol–water partition coefficient (Wildman–Crippen LogP) is 6.29. The van der Waals surface area contributed by atoms with Crippen LogP contribution in [0.5, 0.6) is 0 Å². The fraction of sp³-hybridized carbons (Fsp3) is 0.0769. The minimum absolute atomic E-state index is 0.755. The number of carboxylic acids is 1. The van der Waals surface area contributed by atoms with E-state index in [2.05, 4.69) is 30.1 Å². The number of aromatic nitrogens is 1. The van der Waals surface area contributed by atoms with E-state index in [1.54, 1.807) is 6.08 Å². The van der Waals surface area contributed by atoms with Gasteiger partial charge in [-0.3, -0.25) is 0 Å². The lowest BCUT2D eigenvalue weighted by molar-refractivity contribution is -0.131. The van der Waals surface area contributed by atoms with E-state index in [-0.39, 0.29) is 0 Å². The molecule has 0 fully saturated rings. The number of carbonyl (C=O) groups is 1. The van der Waals surface area contributed by atoms with Gasteiger partial charge in [0.2, 0.25) is 0 Å². The summed E-state index contributed by atoms with van der Waals surface area (Å²) in [7, 11) is 0. The molecule has 3 aromatic carbocycles. The summed E-state index contributed by atoms with van der Waals surface area (Å²) in [5.41, 5.74) is 8.06. The Kier molecular flexibility index (Phi) is 5.57. The van der Waals surface area contributed by atoms with Gasteiger partial charge in [0.25, 0.3) is 0 Å². The van der Waals surface area contributed by atoms with Crippen LogP contribution in [0.4, 0.5) is 0 Å². The molecule has 0 bridgehead atoms. The van der Waals surface area contributed by atoms with E-state index < -0.39 is 5.97 Å². The highest BCUT2D eigenvalue weighted by Crippen LogP contribution is 2.35. The fourth-order valence-corrected chi connectivity index (χ4v) is 3.62. The number of oxazole rings is 1. The summed E-state index contributed by atoms with van der Waals surface area (Å²) >= 11 is 0. The number of hydrogen-bond donors (Lipinski definition) is 1. The molecule has 0 amide bonds. The predicted molar refractivity (Wildman–Crippen MR) is 120 cm³/mol. The van der Waals surface area contributed by atoms with E-state index in [0.717, 1.165) is 45.9 Å². The number of nitrogens with zero attached hydrogens (tertiary/aromatic N) is 1. The fourth-order valence-electron chi connectivity index (χ4n) is 3.62. The van der Waals surface area contributed by atoms with Crippen LogP contribution in [0.3, 0.4) is 0 Å². The lowest BCUT2D eigenvalue weighted by Gasteiger charge is -2.16. The molecule has 0 spiro atoms. The van der Waals surface area contributed by atoms with Crippen molar-refractivity contribution in [2.75, 3.05) is 0 Å². The lowest BCUT2D eigenvalue weighted by atomic mass is 9.88. The molecule has 30 heavy (non-hydrogen) atoms. The van der Waals surface area contributed by atoms with Crippen molar-refractivity contribution in [3.8, 4) is 0 Å². The van der Waals surface area contributed by atoms with Crippen molar-refractivity contribution in [2.45, 2.75) is 13.3 Å². The van der Waals surface area contributed by atoms with Gasteiger partial charge in [-0.25, -0.2) is 9.78 Å². The highest BCUT2D eigenvalue weighted by Gasteiger charge is 2.14. The summed E-state index contributed by atoms with van der Waals surface area (Å²) in [4.78, 5) is 15.1. The number of hydrogen-bond acceptors (Lipinski definition) is 3. The molecule has 0 aliphatic heterocycles. The van der Waals surface area contributed by atoms with Crippen molar-refractivity contribution in [1.29, 1.82) is 0 Å². The molecule has 1 N–H and O–H groups in total. The zero-order chi connectivity index (χ0) is 20.9. The van der Waals surface area contributed by atoms with Crippen molar-refractivity contribution in [3.05, 3.63) is 108 Å². The molecule has 0 aliphatic rings. The first-order valence-corrected chi connectivity index (χ1v) is 9.79. The summed E-state index contributed by atoms with van der Waals surface area (Å²) in [6, 6.07) is 24.3. The minimum atomic E-state index is -0.960. The second-order valence-corrected chi connectivity index (χ2v) is 6.90. The molecular weight excluding hydrogens is 374 g/mol. The van der Waals surface area contributed by atoms with Gasteiger partial charge in [-0.15, -0.1) is 0 Å². The molecule has 0 unspecified atom stereocenters. The molecule has 1 aromatic heterocycles. The van der Waals surface area contributed by atoms with E-state index in [4.69, 9.17) is 9.52 Å². The van der Waals surface area contributed by atoms with Crippen LogP contribution in [0.1, 0.15) is 35.6 Å². The monoisotopic (exact) mass is 395 g/mol. The summed E-state index contributed by atoms with van der Waals surface area (Å²) in [5, 5.41) is 8.86. The second-order valence-electron chi connectivity index (χ2n) is 6.90. The highest BCUT2D eigenvalue weighted by atomic mass is 16.4. The molecule has 4 aromatic rings.